The van der Waals surface area contributed by atoms with Crippen LogP contribution in [-0.4, -0.2) is 20.5 Å². The second-order valence-electron chi connectivity index (χ2n) is 7.95. The summed E-state index contributed by atoms with van der Waals surface area (Å²) in [6.07, 6.45) is 4.00. The van der Waals surface area contributed by atoms with Crippen LogP contribution in [0.2, 0.25) is 0 Å². The maximum absolute atomic E-state index is 12.7. The van der Waals surface area contributed by atoms with E-state index in [2.05, 4.69) is 17.4 Å². The van der Waals surface area contributed by atoms with Gasteiger partial charge in [-0.2, -0.15) is 5.10 Å². The number of carbonyl (C=O) groups is 1. The molecule has 0 saturated carbocycles. The zero-order valence-corrected chi connectivity index (χ0v) is 19.9. The van der Waals surface area contributed by atoms with Crippen LogP contribution in [0.5, 0.6) is 0 Å². The smallest absolute Gasteiger partial charge is 0.251 e. The van der Waals surface area contributed by atoms with Crippen LogP contribution >= 0.6 is 11.8 Å². The molecule has 0 saturated heterocycles. The molecule has 1 amide bonds. The molecule has 0 atom stereocenters. The normalized spacial score (nSPS) is 11.2. The highest BCUT2D eigenvalue weighted by Crippen LogP contribution is 2.23. The summed E-state index contributed by atoms with van der Waals surface area (Å²) >= 11 is 1.67. The lowest BCUT2D eigenvalue weighted by atomic mass is 10.2. The van der Waals surface area contributed by atoms with Crippen LogP contribution in [0.15, 0.2) is 108 Å². The molecule has 0 fully saturated rings. The van der Waals surface area contributed by atoms with Gasteiger partial charge in [0.25, 0.3) is 5.91 Å². The number of nitrogens with zero attached hydrogens (tertiary/aromatic N) is 3. The molecule has 5 rings (SSSR count). The summed E-state index contributed by atoms with van der Waals surface area (Å²) in [6, 6.07) is 33.6. The average Bonchev–Trinajstić information content (AvgIpc) is 3.27. The van der Waals surface area contributed by atoms with Gasteiger partial charge < -0.3 is 5.32 Å². The quantitative estimate of drug-likeness (QED) is 0.274. The highest BCUT2D eigenvalue weighted by molar-refractivity contribution is 7.98. The second kappa shape index (κ2) is 10.8. The molecule has 0 aliphatic rings. The zero-order valence-electron chi connectivity index (χ0n) is 19.0. The molecule has 172 valence electrons. The topological polar surface area (TPSA) is 59.3 Å². The maximum Gasteiger partial charge on any atom is 0.251 e. The molecular weight excluding hydrogens is 452 g/mol. The minimum absolute atomic E-state index is 0.131. The van der Waals surface area contributed by atoms with E-state index in [-0.39, 0.29) is 5.91 Å². The molecule has 2 aromatic heterocycles. The Kier molecular flexibility index (Phi) is 7.01. The minimum Gasteiger partial charge on any atom is -0.346 e. The Hall–Kier alpha value is -4.16. The molecule has 0 unspecified atom stereocenters. The van der Waals surface area contributed by atoms with Gasteiger partial charge in [0.2, 0.25) is 0 Å². The van der Waals surface area contributed by atoms with Gasteiger partial charge in [0.15, 0.2) is 5.65 Å². The van der Waals surface area contributed by atoms with Gasteiger partial charge in [-0.3, -0.25) is 4.79 Å². The van der Waals surface area contributed by atoms with E-state index in [1.54, 1.807) is 23.9 Å². The van der Waals surface area contributed by atoms with Gasteiger partial charge >= 0.3 is 0 Å². The Morgan fingerprint density at radius 1 is 0.829 bits per heavy atom. The number of fused-ring (bicyclic) bond motifs is 1. The second-order valence-corrected chi connectivity index (χ2v) is 8.95. The minimum atomic E-state index is -0.131. The Bertz CT molecular complexity index is 1450. The standard InChI is InChI=1S/C29H24N4OS/c34-29(24-14-8-3-9-15-24)30-20-26-25(17-16-22-10-4-1-5-11-22)31-27-18-19-28(32-33(26)27)35-21-23-12-6-2-7-13-23/h1-19H,20-21H2,(H,30,34)/b17-16+. The summed E-state index contributed by atoms with van der Waals surface area (Å²) in [7, 11) is 0. The number of thioether (sulfide) groups is 1. The van der Waals surface area contributed by atoms with Crippen molar-refractivity contribution in [2.24, 2.45) is 0 Å². The molecule has 0 bridgehead atoms. The van der Waals surface area contributed by atoms with Crippen molar-refractivity contribution in [2.45, 2.75) is 17.3 Å². The molecule has 0 aliphatic heterocycles. The number of imidazole rings is 1. The van der Waals surface area contributed by atoms with Gasteiger partial charge in [-0.05, 0) is 41.5 Å². The van der Waals surface area contributed by atoms with Crippen LogP contribution in [0.25, 0.3) is 17.8 Å². The number of nitrogens with one attached hydrogen (secondary N) is 1. The van der Waals surface area contributed by atoms with Gasteiger partial charge in [0.1, 0.15) is 5.03 Å². The van der Waals surface area contributed by atoms with Crippen LogP contribution in [-0.2, 0) is 12.3 Å². The van der Waals surface area contributed by atoms with Crippen molar-refractivity contribution in [2.75, 3.05) is 0 Å². The molecule has 2 heterocycles. The van der Waals surface area contributed by atoms with Crippen LogP contribution in [0, 0.1) is 0 Å². The summed E-state index contributed by atoms with van der Waals surface area (Å²) in [5, 5.41) is 8.77. The van der Waals surface area contributed by atoms with Gasteiger partial charge in [-0.15, -0.1) is 0 Å². The molecule has 0 radical (unpaired) electrons. The lowest BCUT2D eigenvalue weighted by Crippen LogP contribution is -2.24. The van der Waals surface area contributed by atoms with E-state index in [0.717, 1.165) is 33.4 Å². The van der Waals surface area contributed by atoms with Crippen LogP contribution in [0.3, 0.4) is 0 Å². The van der Waals surface area contributed by atoms with E-state index in [9.17, 15) is 4.79 Å². The van der Waals surface area contributed by atoms with Crippen LogP contribution < -0.4 is 5.32 Å². The fourth-order valence-electron chi connectivity index (χ4n) is 3.68. The van der Waals surface area contributed by atoms with Crippen LogP contribution in [0.4, 0.5) is 0 Å². The highest BCUT2D eigenvalue weighted by Gasteiger charge is 2.14. The summed E-state index contributed by atoms with van der Waals surface area (Å²) < 4.78 is 1.84. The number of benzene rings is 3. The lowest BCUT2D eigenvalue weighted by molar-refractivity contribution is 0.0950. The molecular formula is C29H24N4OS. The Morgan fingerprint density at radius 3 is 2.26 bits per heavy atom. The van der Waals surface area contributed by atoms with Crippen molar-refractivity contribution in [3.05, 3.63) is 131 Å². The number of hydrogen-bond acceptors (Lipinski definition) is 4. The third-order valence-corrected chi connectivity index (χ3v) is 6.48. The average molecular weight is 477 g/mol. The van der Waals surface area contributed by atoms with Gasteiger partial charge in [-0.25, -0.2) is 9.50 Å². The van der Waals surface area contributed by atoms with E-state index in [1.807, 2.05) is 95.5 Å². The van der Waals surface area contributed by atoms with Crippen LogP contribution in [0.1, 0.15) is 32.9 Å². The SMILES string of the molecule is O=C(NCc1c(/C=C/c2ccccc2)nc2ccc(SCc3ccccc3)nn12)c1ccccc1. The number of carbonyl (C=O) groups excluding carboxylic acids is 1. The first-order chi connectivity index (χ1) is 17.3. The van der Waals surface area contributed by atoms with E-state index in [1.165, 1.54) is 5.56 Å². The molecule has 1 N–H and O–H groups in total. The van der Waals surface area contributed by atoms with Gasteiger partial charge in [-0.1, -0.05) is 96.7 Å². The summed E-state index contributed by atoms with van der Waals surface area (Å²) in [4.78, 5) is 17.5. The van der Waals surface area contributed by atoms with Gasteiger partial charge in [0.05, 0.1) is 17.9 Å². The van der Waals surface area contributed by atoms with E-state index < -0.39 is 0 Å². The van der Waals surface area contributed by atoms with Crippen molar-refractivity contribution in [3.63, 3.8) is 0 Å². The molecule has 0 spiro atoms. The Morgan fingerprint density at radius 2 is 1.51 bits per heavy atom. The summed E-state index contributed by atoms with van der Waals surface area (Å²) in [5.41, 5.74) is 5.29. The first kappa shape index (κ1) is 22.6. The zero-order chi connectivity index (χ0) is 23.9. The molecule has 35 heavy (non-hydrogen) atoms. The first-order valence-corrected chi connectivity index (χ1v) is 12.4. The summed E-state index contributed by atoms with van der Waals surface area (Å²) in [5.74, 6) is 0.697. The Balaban J connectivity index is 1.44. The number of amides is 1. The highest BCUT2D eigenvalue weighted by atomic mass is 32.2. The van der Waals surface area contributed by atoms with E-state index in [0.29, 0.717) is 12.1 Å². The predicted octanol–water partition coefficient (Wildman–Crippen LogP) is 6.12. The number of hydrogen-bond donors (Lipinski definition) is 1. The third-order valence-electron chi connectivity index (χ3n) is 5.49. The fraction of sp³-hybridized carbons (Fsp3) is 0.0690. The van der Waals surface area contributed by atoms with E-state index >= 15 is 0 Å². The molecule has 5 nitrogen and oxygen atoms in total. The first-order valence-electron chi connectivity index (χ1n) is 11.4. The summed E-state index contributed by atoms with van der Waals surface area (Å²) in [6.45, 7) is 0.309. The lowest BCUT2D eigenvalue weighted by Gasteiger charge is -2.07. The van der Waals surface area contributed by atoms with Gasteiger partial charge in [0, 0.05) is 11.3 Å². The van der Waals surface area contributed by atoms with Crippen molar-refractivity contribution in [1.82, 2.24) is 19.9 Å². The third kappa shape index (κ3) is 5.67. The predicted molar refractivity (Wildman–Crippen MR) is 142 cm³/mol. The van der Waals surface area contributed by atoms with Crippen molar-refractivity contribution in [1.29, 1.82) is 0 Å². The molecule has 0 aliphatic carbocycles. The maximum atomic E-state index is 12.7. The molecule has 3 aromatic carbocycles. The number of aromatic nitrogens is 3. The van der Waals surface area contributed by atoms with Crippen molar-refractivity contribution >= 4 is 35.5 Å². The largest absolute Gasteiger partial charge is 0.346 e. The van der Waals surface area contributed by atoms with Crippen molar-refractivity contribution in [3.8, 4) is 0 Å². The number of rotatable bonds is 8. The molecule has 5 aromatic rings. The molecule has 6 heteroatoms. The van der Waals surface area contributed by atoms with E-state index in [4.69, 9.17) is 10.1 Å². The van der Waals surface area contributed by atoms with Crippen molar-refractivity contribution < 1.29 is 4.79 Å². The fourth-order valence-corrected chi connectivity index (χ4v) is 4.49. The Labute approximate surface area is 208 Å². The monoisotopic (exact) mass is 476 g/mol.